The summed E-state index contributed by atoms with van der Waals surface area (Å²) in [5.74, 6) is 1.58. The lowest BCUT2D eigenvalue weighted by Gasteiger charge is -2.28. The molecule has 0 saturated carbocycles. The molecule has 5 nitrogen and oxygen atoms in total. The Bertz CT molecular complexity index is 2950. The van der Waals surface area contributed by atoms with Gasteiger partial charge in [-0.15, -0.1) is 0 Å². The van der Waals surface area contributed by atoms with E-state index in [1.165, 1.54) is 33.4 Å². The quantitative estimate of drug-likeness (QED) is 0.123. The van der Waals surface area contributed by atoms with Gasteiger partial charge < -0.3 is 23.7 Å². The maximum atomic E-state index is 6.82. The van der Waals surface area contributed by atoms with Gasteiger partial charge in [0.25, 0.3) is 0 Å². The second-order valence-corrected chi connectivity index (χ2v) is 15.1. The van der Waals surface area contributed by atoms with Gasteiger partial charge >= 0.3 is 0 Å². The molecular formula is C55H48N2O3. The molecule has 296 valence electrons. The molecule has 0 atom stereocenters. The first-order chi connectivity index (χ1) is 29.4. The lowest BCUT2D eigenvalue weighted by molar-refractivity contribution is 0.415. The van der Waals surface area contributed by atoms with Crippen LogP contribution in [0.3, 0.4) is 0 Å². The van der Waals surface area contributed by atoms with Crippen LogP contribution in [0.25, 0.3) is 44.2 Å². The summed E-state index contributed by atoms with van der Waals surface area (Å²) in [5.41, 5.74) is 16.2. The van der Waals surface area contributed by atoms with Gasteiger partial charge in [0, 0.05) is 69.2 Å². The lowest BCUT2D eigenvalue weighted by Crippen LogP contribution is -2.12. The van der Waals surface area contributed by atoms with Crippen LogP contribution in [0.1, 0.15) is 30.5 Å². The number of benzene rings is 8. The summed E-state index contributed by atoms with van der Waals surface area (Å²) in [6.45, 7) is 6.58. The van der Waals surface area contributed by atoms with Crippen molar-refractivity contribution in [2.45, 2.75) is 33.6 Å². The maximum absolute atomic E-state index is 6.82. The van der Waals surface area contributed by atoms with Crippen LogP contribution in [0.15, 0.2) is 180 Å². The number of hydrogen-bond donors (Lipinski definition) is 0. The molecule has 0 aliphatic rings. The average molecular weight is 785 g/mol. The molecule has 0 saturated heterocycles. The molecule has 1 heterocycles. The van der Waals surface area contributed by atoms with Crippen LogP contribution in [0.5, 0.6) is 11.5 Å². The summed E-state index contributed by atoms with van der Waals surface area (Å²) in [6.07, 6.45) is 2.02. The normalized spacial score (nSPS) is 11.2. The molecule has 9 rings (SSSR count). The summed E-state index contributed by atoms with van der Waals surface area (Å²) in [4.78, 5) is 4.56. The summed E-state index contributed by atoms with van der Waals surface area (Å²) in [6, 6.07) is 62.4. The van der Waals surface area contributed by atoms with E-state index in [1.54, 1.807) is 14.2 Å². The predicted molar refractivity (Wildman–Crippen MR) is 251 cm³/mol. The van der Waals surface area contributed by atoms with E-state index in [0.29, 0.717) is 0 Å². The molecule has 0 fully saturated rings. The van der Waals surface area contributed by atoms with Gasteiger partial charge in [0.05, 0.1) is 14.2 Å². The zero-order valence-electron chi connectivity index (χ0n) is 34.8. The highest BCUT2D eigenvalue weighted by Crippen LogP contribution is 2.44. The van der Waals surface area contributed by atoms with Gasteiger partial charge in [-0.2, -0.15) is 0 Å². The minimum Gasteiger partial charge on any atom is -0.497 e. The second kappa shape index (κ2) is 16.6. The molecule has 0 radical (unpaired) electrons. The fraction of sp³-hybridized carbons (Fsp3) is 0.127. The third kappa shape index (κ3) is 7.35. The van der Waals surface area contributed by atoms with Gasteiger partial charge in [-0.05, 0) is 125 Å². The van der Waals surface area contributed by atoms with Gasteiger partial charge in [0.1, 0.15) is 22.7 Å². The average Bonchev–Trinajstić information content (AvgIpc) is 3.67. The van der Waals surface area contributed by atoms with Crippen molar-refractivity contribution in [1.29, 1.82) is 0 Å². The number of anilines is 6. The Hall–Kier alpha value is -7.24. The zero-order valence-corrected chi connectivity index (χ0v) is 34.8. The van der Waals surface area contributed by atoms with Crippen LogP contribution in [0.2, 0.25) is 0 Å². The van der Waals surface area contributed by atoms with Crippen LogP contribution in [-0.4, -0.2) is 14.2 Å². The van der Waals surface area contributed by atoms with E-state index in [0.717, 1.165) is 86.0 Å². The van der Waals surface area contributed by atoms with E-state index in [4.69, 9.17) is 13.9 Å². The number of hydrogen-bond acceptors (Lipinski definition) is 5. The van der Waals surface area contributed by atoms with Gasteiger partial charge in [0.15, 0.2) is 0 Å². The van der Waals surface area contributed by atoms with Gasteiger partial charge in [0.2, 0.25) is 0 Å². The highest BCUT2D eigenvalue weighted by Gasteiger charge is 2.21. The summed E-state index contributed by atoms with van der Waals surface area (Å²) >= 11 is 0. The smallest absolute Gasteiger partial charge is 0.137 e. The van der Waals surface area contributed by atoms with E-state index >= 15 is 0 Å². The Labute approximate surface area is 352 Å². The van der Waals surface area contributed by atoms with Crippen LogP contribution in [-0.2, 0) is 12.8 Å². The minimum atomic E-state index is 0.789. The first-order valence-corrected chi connectivity index (χ1v) is 20.7. The predicted octanol–water partition coefficient (Wildman–Crippen LogP) is 15.3. The summed E-state index contributed by atoms with van der Waals surface area (Å²) in [7, 11) is 3.42. The van der Waals surface area contributed by atoms with Crippen LogP contribution >= 0.6 is 0 Å². The highest BCUT2D eigenvalue weighted by molar-refractivity contribution is 6.07. The molecule has 0 N–H and O–H groups in total. The largest absolute Gasteiger partial charge is 0.497 e. The minimum absolute atomic E-state index is 0.789. The number of aryl methyl sites for hydroxylation is 2. The molecular weight excluding hydrogens is 737 g/mol. The molecule has 0 amide bonds. The third-order valence-electron chi connectivity index (χ3n) is 11.6. The number of rotatable bonds is 12. The fourth-order valence-electron chi connectivity index (χ4n) is 8.26. The SMILES string of the molecule is CCc1ccc(-c2cccc(N(c3cccc(OC)c3)c3ccc4c(c3)oc3cc(N(c5cccc(OC)c5)c5cccc(-c6ccc(CC)cc6)c5C)ccc34)c2)cc1. The summed E-state index contributed by atoms with van der Waals surface area (Å²) in [5, 5.41) is 2.11. The fourth-order valence-corrected chi connectivity index (χ4v) is 8.26. The highest BCUT2D eigenvalue weighted by atomic mass is 16.5. The Morgan fingerprint density at radius 3 is 1.48 bits per heavy atom. The number of fused-ring (bicyclic) bond motifs is 3. The molecule has 8 aromatic carbocycles. The van der Waals surface area contributed by atoms with Crippen molar-refractivity contribution in [2.24, 2.45) is 0 Å². The Morgan fingerprint density at radius 2 is 0.917 bits per heavy atom. The molecule has 0 bridgehead atoms. The Balaban J connectivity index is 1.15. The van der Waals surface area contributed by atoms with Crippen molar-refractivity contribution in [1.82, 2.24) is 0 Å². The van der Waals surface area contributed by atoms with Crippen molar-refractivity contribution >= 4 is 56.1 Å². The zero-order chi connectivity index (χ0) is 41.2. The van der Waals surface area contributed by atoms with Gasteiger partial charge in [-0.1, -0.05) is 98.8 Å². The molecule has 5 heteroatoms. The van der Waals surface area contributed by atoms with E-state index in [2.05, 4.69) is 182 Å². The molecule has 0 unspecified atom stereocenters. The molecule has 0 aliphatic heterocycles. The Kier molecular flexibility index (Phi) is 10.6. The molecule has 60 heavy (non-hydrogen) atoms. The van der Waals surface area contributed by atoms with Crippen molar-refractivity contribution in [3.63, 3.8) is 0 Å². The molecule has 9 aromatic rings. The topological polar surface area (TPSA) is 38.1 Å². The molecule has 0 aliphatic carbocycles. The Morgan fingerprint density at radius 1 is 0.433 bits per heavy atom. The first kappa shape index (κ1) is 38.3. The van der Waals surface area contributed by atoms with Crippen molar-refractivity contribution in [2.75, 3.05) is 24.0 Å². The maximum Gasteiger partial charge on any atom is 0.137 e. The van der Waals surface area contributed by atoms with E-state index < -0.39 is 0 Å². The van der Waals surface area contributed by atoms with Crippen LogP contribution in [0.4, 0.5) is 34.1 Å². The van der Waals surface area contributed by atoms with Crippen LogP contribution < -0.4 is 19.3 Å². The number of ether oxygens (including phenoxy) is 2. The van der Waals surface area contributed by atoms with Crippen molar-refractivity contribution in [3.8, 4) is 33.8 Å². The van der Waals surface area contributed by atoms with Crippen LogP contribution in [0, 0.1) is 6.92 Å². The standard InChI is InChI=1S/C55H48N2O3/c1-6-38-20-24-40(25-21-38)42-12-8-13-43(32-42)56(44-14-9-16-48(33-44)58-4)46-28-30-51-52-31-29-47(36-55(52)60-54(51)35-46)57(45-15-10-17-49(34-45)59-5)53-19-11-18-50(37(53)3)41-26-22-39(7-2)23-27-41/h8-36H,6-7H2,1-5H3. The summed E-state index contributed by atoms with van der Waals surface area (Å²) < 4.78 is 18.2. The van der Waals surface area contributed by atoms with E-state index in [1.807, 2.05) is 24.3 Å². The van der Waals surface area contributed by atoms with Crippen molar-refractivity contribution in [3.05, 3.63) is 193 Å². The number of methoxy groups -OCH3 is 2. The van der Waals surface area contributed by atoms with Gasteiger partial charge in [-0.25, -0.2) is 0 Å². The van der Waals surface area contributed by atoms with Crippen molar-refractivity contribution < 1.29 is 13.9 Å². The lowest BCUT2D eigenvalue weighted by atomic mass is 9.97. The second-order valence-electron chi connectivity index (χ2n) is 15.1. The molecule has 0 spiro atoms. The monoisotopic (exact) mass is 784 g/mol. The van der Waals surface area contributed by atoms with E-state index in [-0.39, 0.29) is 0 Å². The first-order valence-electron chi connectivity index (χ1n) is 20.7. The van der Waals surface area contributed by atoms with Gasteiger partial charge in [-0.3, -0.25) is 0 Å². The van der Waals surface area contributed by atoms with E-state index in [9.17, 15) is 0 Å². The number of nitrogens with zero attached hydrogens (tertiary/aromatic N) is 2. The molecule has 1 aromatic heterocycles. The third-order valence-corrected chi connectivity index (χ3v) is 11.6. The number of furan rings is 1.